The highest BCUT2D eigenvalue weighted by Crippen LogP contribution is 2.27. The van der Waals surface area contributed by atoms with E-state index in [4.69, 9.17) is 28.6 Å². The van der Waals surface area contributed by atoms with E-state index in [1.165, 1.54) is 10.8 Å². The molecular formula is C17H19ClN4O4S. The number of halogens is 1. The van der Waals surface area contributed by atoms with Crippen LogP contribution in [0.25, 0.3) is 0 Å². The van der Waals surface area contributed by atoms with Gasteiger partial charge in [0, 0.05) is 35.4 Å². The molecular weight excluding hydrogens is 392 g/mol. The van der Waals surface area contributed by atoms with Gasteiger partial charge in [-0.2, -0.15) is 0 Å². The SMILES string of the molecule is Cc1cn([C@H]2C[C@H](O)[C@@H](CNC(=S)Nc3ccc(Cl)cc3)O2)c(=O)[nH]c1=O. The Morgan fingerprint density at radius 1 is 1.41 bits per heavy atom. The van der Waals surface area contributed by atoms with Gasteiger partial charge in [0.15, 0.2) is 5.11 Å². The van der Waals surface area contributed by atoms with Crippen LogP contribution in [0.2, 0.25) is 5.02 Å². The highest BCUT2D eigenvalue weighted by molar-refractivity contribution is 7.80. The Bertz CT molecular complexity index is 943. The number of thiocarbonyl (C=S) groups is 1. The van der Waals surface area contributed by atoms with E-state index in [1.807, 2.05) is 0 Å². The Labute approximate surface area is 165 Å². The molecule has 8 nitrogen and oxygen atoms in total. The maximum absolute atomic E-state index is 12.0. The van der Waals surface area contributed by atoms with Gasteiger partial charge in [0.25, 0.3) is 5.56 Å². The zero-order chi connectivity index (χ0) is 19.6. The number of rotatable bonds is 4. The third kappa shape index (κ3) is 4.75. The summed E-state index contributed by atoms with van der Waals surface area (Å²) in [5, 5.41) is 17.2. The summed E-state index contributed by atoms with van der Waals surface area (Å²) in [4.78, 5) is 25.7. The van der Waals surface area contributed by atoms with E-state index in [2.05, 4.69) is 15.6 Å². The number of anilines is 1. The quantitative estimate of drug-likeness (QED) is 0.559. The number of aromatic nitrogens is 2. The average molecular weight is 411 g/mol. The molecule has 3 atom stereocenters. The first-order chi connectivity index (χ1) is 12.8. The third-order valence-electron chi connectivity index (χ3n) is 4.23. The summed E-state index contributed by atoms with van der Waals surface area (Å²) in [5.41, 5.74) is 0.156. The number of aliphatic hydroxyl groups is 1. The summed E-state index contributed by atoms with van der Waals surface area (Å²) in [6.07, 6.45) is -0.331. The van der Waals surface area contributed by atoms with Gasteiger partial charge in [0.2, 0.25) is 0 Å². The van der Waals surface area contributed by atoms with Gasteiger partial charge in [-0.3, -0.25) is 14.3 Å². The van der Waals surface area contributed by atoms with Crippen molar-refractivity contribution in [1.82, 2.24) is 14.9 Å². The molecule has 1 aromatic heterocycles. The van der Waals surface area contributed by atoms with Gasteiger partial charge in [0.1, 0.15) is 12.3 Å². The van der Waals surface area contributed by atoms with Crippen LogP contribution in [-0.2, 0) is 4.74 Å². The van der Waals surface area contributed by atoms with Crippen LogP contribution in [0.4, 0.5) is 5.69 Å². The highest BCUT2D eigenvalue weighted by atomic mass is 35.5. The molecule has 144 valence electrons. The summed E-state index contributed by atoms with van der Waals surface area (Å²) in [6.45, 7) is 1.86. The largest absolute Gasteiger partial charge is 0.390 e. The second kappa shape index (κ2) is 8.22. The van der Waals surface area contributed by atoms with Crippen molar-refractivity contribution in [3.05, 3.63) is 61.9 Å². The summed E-state index contributed by atoms with van der Waals surface area (Å²) in [6, 6.07) is 7.06. The lowest BCUT2D eigenvalue weighted by molar-refractivity contribution is -0.0172. The van der Waals surface area contributed by atoms with Crippen molar-refractivity contribution in [2.75, 3.05) is 11.9 Å². The number of hydrogen-bond acceptors (Lipinski definition) is 5. The minimum atomic E-state index is -0.778. The molecule has 3 rings (SSSR count). The van der Waals surface area contributed by atoms with Crippen LogP contribution in [0, 0.1) is 6.92 Å². The molecule has 10 heteroatoms. The fourth-order valence-electron chi connectivity index (χ4n) is 2.77. The number of aryl methyl sites for hydroxylation is 1. The number of benzene rings is 1. The fourth-order valence-corrected chi connectivity index (χ4v) is 3.10. The molecule has 1 saturated heterocycles. The number of ether oxygens (including phenoxy) is 1. The first-order valence-electron chi connectivity index (χ1n) is 8.29. The molecule has 0 spiro atoms. The Morgan fingerprint density at radius 3 is 2.81 bits per heavy atom. The standard InChI is InChI=1S/C17H19ClN4O4S/c1-9-8-22(17(25)21-15(9)24)14-6-12(23)13(26-14)7-19-16(27)20-11-4-2-10(18)3-5-11/h2-5,8,12-14,23H,6-7H2,1H3,(H2,19,20,27)(H,21,24,25)/t12-,13+,14+/m0/s1. The van der Waals surface area contributed by atoms with E-state index in [9.17, 15) is 14.7 Å². The molecule has 1 aromatic carbocycles. The smallest absolute Gasteiger partial charge is 0.330 e. The Kier molecular flexibility index (Phi) is 5.95. The Morgan fingerprint density at radius 2 is 2.11 bits per heavy atom. The summed E-state index contributed by atoms with van der Waals surface area (Å²) in [7, 11) is 0. The molecule has 0 unspecified atom stereocenters. The van der Waals surface area contributed by atoms with E-state index >= 15 is 0 Å². The van der Waals surface area contributed by atoms with Crippen molar-refractivity contribution in [1.29, 1.82) is 0 Å². The number of nitrogens with zero attached hydrogens (tertiary/aromatic N) is 1. The predicted octanol–water partition coefficient (Wildman–Crippen LogP) is 1.13. The molecule has 1 fully saturated rings. The van der Waals surface area contributed by atoms with Gasteiger partial charge in [-0.15, -0.1) is 0 Å². The van der Waals surface area contributed by atoms with E-state index < -0.39 is 29.7 Å². The second-order valence-corrected chi connectivity index (χ2v) is 7.10. The van der Waals surface area contributed by atoms with E-state index in [-0.39, 0.29) is 13.0 Å². The van der Waals surface area contributed by atoms with Crippen LogP contribution in [0.15, 0.2) is 40.1 Å². The lowest BCUT2D eigenvalue weighted by atomic mass is 10.2. The maximum Gasteiger partial charge on any atom is 0.330 e. The summed E-state index contributed by atoms with van der Waals surface area (Å²) in [5.74, 6) is 0. The molecule has 0 bridgehead atoms. The molecule has 0 saturated carbocycles. The number of aromatic amines is 1. The normalized spacial score (nSPS) is 21.8. The molecule has 1 aliphatic rings. The van der Waals surface area contributed by atoms with Gasteiger partial charge in [-0.05, 0) is 43.4 Å². The maximum atomic E-state index is 12.0. The van der Waals surface area contributed by atoms with Crippen LogP contribution in [-0.4, -0.2) is 38.5 Å². The van der Waals surface area contributed by atoms with Crippen molar-refractivity contribution in [2.24, 2.45) is 0 Å². The van der Waals surface area contributed by atoms with Gasteiger partial charge < -0.3 is 20.5 Å². The third-order valence-corrected chi connectivity index (χ3v) is 4.72. The van der Waals surface area contributed by atoms with Crippen molar-refractivity contribution in [3.8, 4) is 0 Å². The number of aliphatic hydroxyl groups excluding tert-OH is 1. The topological polar surface area (TPSA) is 108 Å². The van der Waals surface area contributed by atoms with Gasteiger partial charge in [0.05, 0.1) is 6.10 Å². The lowest BCUT2D eigenvalue weighted by Crippen LogP contribution is -2.39. The first kappa shape index (κ1) is 19.6. The molecule has 0 radical (unpaired) electrons. The molecule has 4 N–H and O–H groups in total. The molecule has 2 aromatic rings. The first-order valence-corrected chi connectivity index (χ1v) is 9.08. The fraction of sp³-hybridized carbons (Fsp3) is 0.353. The van der Waals surface area contributed by atoms with Crippen LogP contribution >= 0.6 is 23.8 Å². The highest BCUT2D eigenvalue weighted by Gasteiger charge is 2.35. The van der Waals surface area contributed by atoms with E-state index in [0.717, 1.165) is 5.69 Å². The Hall–Kier alpha value is -2.20. The van der Waals surface area contributed by atoms with Gasteiger partial charge in [-0.1, -0.05) is 11.6 Å². The second-order valence-electron chi connectivity index (χ2n) is 6.25. The zero-order valence-corrected chi connectivity index (χ0v) is 16.0. The number of hydrogen-bond donors (Lipinski definition) is 4. The molecule has 27 heavy (non-hydrogen) atoms. The van der Waals surface area contributed by atoms with Gasteiger partial charge >= 0.3 is 5.69 Å². The zero-order valence-electron chi connectivity index (χ0n) is 14.4. The molecule has 0 aliphatic carbocycles. The van der Waals surface area contributed by atoms with Crippen molar-refractivity contribution in [2.45, 2.75) is 31.8 Å². The minimum absolute atomic E-state index is 0.231. The molecule has 0 amide bonds. The average Bonchev–Trinajstić information content (AvgIpc) is 2.99. The monoisotopic (exact) mass is 410 g/mol. The van der Waals surface area contributed by atoms with Crippen LogP contribution in [0.3, 0.4) is 0 Å². The summed E-state index contributed by atoms with van der Waals surface area (Å²) < 4.78 is 7.06. The van der Waals surface area contributed by atoms with Gasteiger partial charge in [-0.25, -0.2) is 4.79 Å². The van der Waals surface area contributed by atoms with E-state index in [0.29, 0.717) is 15.7 Å². The molecule has 2 heterocycles. The van der Waals surface area contributed by atoms with Crippen molar-refractivity contribution >= 4 is 34.6 Å². The lowest BCUT2D eigenvalue weighted by Gasteiger charge is -2.18. The van der Waals surface area contributed by atoms with Crippen LogP contribution in [0.1, 0.15) is 18.2 Å². The van der Waals surface area contributed by atoms with Crippen LogP contribution < -0.4 is 21.9 Å². The number of nitrogens with one attached hydrogen (secondary N) is 3. The predicted molar refractivity (Wildman–Crippen MR) is 106 cm³/mol. The summed E-state index contributed by atoms with van der Waals surface area (Å²) >= 11 is 11.1. The van der Waals surface area contributed by atoms with Crippen molar-refractivity contribution in [3.63, 3.8) is 0 Å². The van der Waals surface area contributed by atoms with E-state index in [1.54, 1.807) is 31.2 Å². The number of H-pyrrole nitrogens is 1. The van der Waals surface area contributed by atoms with Crippen molar-refractivity contribution < 1.29 is 9.84 Å². The Balaban J connectivity index is 1.58. The minimum Gasteiger partial charge on any atom is -0.390 e. The molecule has 1 aliphatic heterocycles. The van der Waals surface area contributed by atoms with Crippen LogP contribution in [0.5, 0.6) is 0 Å².